The zero-order valence-electron chi connectivity index (χ0n) is 12.8. The number of benzene rings is 2. The van der Waals surface area contributed by atoms with Gasteiger partial charge in [-0.05, 0) is 30.3 Å². The Morgan fingerprint density at radius 1 is 0.917 bits per heavy atom. The zero-order valence-corrected chi connectivity index (χ0v) is 12.8. The van der Waals surface area contributed by atoms with Crippen LogP contribution in [0, 0.1) is 0 Å². The number of esters is 1. The van der Waals surface area contributed by atoms with Crippen LogP contribution in [0.25, 0.3) is 5.69 Å². The first-order valence-electron chi connectivity index (χ1n) is 7.44. The van der Waals surface area contributed by atoms with Crippen LogP contribution in [0.1, 0.15) is 22.0 Å². The molecule has 1 heterocycles. The quantitative estimate of drug-likeness (QED) is 0.735. The SMILES string of the molecule is NC(=O)C(OC(=O)c1cccc(-n2cccc2)c1)c1ccccc1. The highest BCUT2D eigenvalue weighted by molar-refractivity contribution is 5.92. The number of nitrogens with zero attached hydrogens (tertiary/aromatic N) is 1. The number of hydrogen-bond donors (Lipinski definition) is 1. The van der Waals surface area contributed by atoms with Crippen molar-refractivity contribution in [3.63, 3.8) is 0 Å². The molecule has 0 radical (unpaired) electrons. The summed E-state index contributed by atoms with van der Waals surface area (Å²) in [5.41, 5.74) is 7.10. The van der Waals surface area contributed by atoms with Gasteiger partial charge in [0.15, 0.2) is 0 Å². The van der Waals surface area contributed by atoms with Crippen molar-refractivity contribution in [3.8, 4) is 5.69 Å². The number of nitrogens with two attached hydrogens (primary N) is 1. The number of rotatable bonds is 5. The van der Waals surface area contributed by atoms with Crippen molar-refractivity contribution >= 4 is 11.9 Å². The Kier molecular flexibility index (Phi) is 4.43. The molecule has 1 aromatic heterocycles. The lowest BCUT2D eigenvalue weighted by atomic mass is 10.1. The molecular weight excluding hydrogens is 304 g/mol. The summed E-state index contributed by atoms with van der Waals surface area (Å²) in [6, 6.07) is 19.5. The average molecular weight is 320 g/mol. The van der Waals surface area contributed by atoms with E-state index < -0.39 is 18.0 Å². The molecule has 0 spiro atoms. The van der Waals surface area contributed by atoms with Gasteiger partial charge < -0.3 is 15.0 Å². The third-order valence-corrected chi connectivity index (χ3v) is 3.57. The van der Waals surface area contributed by atoms with Gasteiger partial charge in [0.2, 0.25) is 6.10 Å². The lowest BCUT2D eigenvalue weighted by Crippen LogP contribution is -2.26. The first-order valence-corrected chi connectivity index (χ1v) is 7.44. The largest absolute Gasteiger partial charge is 0.444 e. The highest BCUT2D eigenvalue weighted by Crippen LogP contribution is 2.20. The van der Waals surface area contributed by atoms with Gasteiger partial charge in [0.25, 0.3) is 5.91 Å². The molecule has 5 heteroatoms. The molecule has 0 fully saturated rings. The predicted octanol–water partition coefficient (Wildman–Crippen LogP) is 2.86. The summed E-state index contributed by atoms with van der Waals surface area (Å²) in [5, 5.41) is 0. The Morgan fingerprint density at radius 3 is 2.29 bits per heavy atom. The number of amides is 1. The van der Waals surface area contributed by atoms with Gasteiger partial charge >= 0.3 is 5.97 Å². The van der Waals surface area contributed by atoms with E-state index in [1.165, 1.54) is 0 Å². The average Bonchev–Trinajstić information content (AvgIpc) is 3.15. The molecule has 0 aliphatic heterocycles. The van der Waals surface area contributed by atoms with E-state index in [-0.39, 0.29) is 0 Å². The maximum Gasteiger partial charge on any atom is 0.339 e. The molecule has 1 amide bonds. The van der Waals surface area contributed by atoms with Crippen LogP contribution in [0.15, 0.2) is 79.1 Å². The minimum Gasteiger partial charge on any atom is -0.444 e. The number of carbonyl (C=O) groups excluding carboxylic acids is 2. The molecule has 0 aliphatic carbocycles. The Labute approximate surface area is 139 Å². The van der Waals surface area contributed by atoms with E-state index in [1.54, 1.807) is 42.5 Å². The van der Waals surface area contributed by atoms with E-state index in [2.05, 4.69) is 0 Å². The zero-order chi connectivity index (χ0) is 16.9. The number of carbonyl (C=O) groups is 2. The monoisotopic (exact) mass is 320 g/mol. The summed E-state index contributed by atoms with van der Waals surface area (Å²) in [7, 11) is 0. The van der Waals surface area contributed by atoms with Crippen molar-refractivity contribution in [2.45, 2.75) is 6.10 Å². The van der Waals surface area contributed by atoms with Crippen molar-refractivity contribution in [2.24, 2.45) is 5.73 Å². The smallest absolute Gasteiger partial charge is 0.339 e. The van der Waals surface area contributed by atoms with Crippen LogP contribution in [0.2, 0.25) is 0 Å². The Morgan fingerprint density at radius 2 is 1.62 bits per heavy atom. The third-order valence-electron chi connectivity index (χ3n) is 3.57. The van der Waals surface area contributed by atoms with Gasteiger partial charge in [-0.1, -0.05) is 36.4 Å². The van der Waals surface area contributed by atoms with E-state index in [1.807, 2.05) is 41.2 Å². The van der Waals surface area contributed by atoms with Crippen molar-refractivity contribution in [1.29, 1.82) is 0 Å². The molecule has 24 heavy (non-hydrogen) atoms. The van der Waals surface area contributed by atoms with Crippen LogP contribution >= 0.6 is 0 Å². The van der Waals surface area contributed by atoms with Gasteiger partial charge in [0.05, 0.1) is 5.56 Å². The summed E-state index contributed by atoms with van der Waals surface area (Å²) in [6.45, 7) is 0. The van der Waals surface area contributed by atoms with Gasteiger partial charge in [-0.3, -0.25) is 4.79 Å². The normalized spacial score (nSPS) is 11.7. The van der Waals surface area contributed by atoms with Crippen LogP contribution in [0.5, 0.6) is 0 Å². The van der Waals surface area contributed by atoms with Crippen molar-refractivity contribution in [2.75, 3.05) is 0 Å². The van der Waals surface area contributed by atoms with E-state index in [0.717, 1.165) is 5.69 Å². The predicted molar refractivity (Wildman–Crippen MR) is 89.6 cm³/mol. The highest BCUT2D eigenvalue weighted by Gasteiger charge is 2.23. The summed E-state index contributed by atoms with van der Waals surface area (Å²) in [6.07, 6.45) is 2.63. The molecule has 1 atom stereocenters. The molecule has 1 unspecified atom stereocenters. The van der Waals surface area contributed by atoms with Gasteiger partial charge in [-0.2, -0.15) is 0 Å². The van der Waals surface area contributed by atoms with E-state index >= 15 is 0 Å². The minimum atomic E-state index is -1.12. The molecular formula is C19H16N2O3. The van der Waals surface area contributed by atoms with Crippen molar-refractivity contribution in [3.05, 3.63) is 90.3 Å². The summed E-state index contributed by atoms with van der Waals surface area (Å²) in [4.78, 5) is 24.1. The van der Waals surface area contributed by atoms with Crippen LogP contribution in [-0.4, -0.2) is 16.4 Å². The third kappa shape index (κ3) is 3.35. The highest BCUT2D eigenvalue weighted by atomic mass is 16.5. The maximum atomic E-state index is 12.4. The van der Waals surface area contributed by atoms with E-state index in [4.69, 9.17) is 10.5 Å². The summed E-state index contributed by atoms with van der Waals surface area (Å²) >= 11 is 0. The second kappa shape index (κ2) is 6.83. The first-order chi connectivity index (χ1) is 11.6. The van der Waals surface area contributed by atoms with E-state index in [0.29, 0.717) is 11.1 Å². The summed E-state index contributed by atoms with van der Waals surface area (Å²) in [5.74, 6) is -1.31. The number of aromatic nitrogens is 1. The first kappa shape index (κ1) is 15.6. The van der Waals surface area contributed by atoms with Gasteiger partial charge in [0.1, 0.15) is 0 Å². The molecule has 0 saturated heterocycles. The number of ether oxygens (including phenoxy) is 1. The molecule has 2 aromatic carbocycles. The van der Waals surface area contributed by atoms with Crippen molar-refractivity contribution < 1.29 is 14.3 Å². The fourth-order valence-corrected chi connectivity index (χ4v) is 2.39. The van der Waals surface area contributed by atoms with Crippen LogP contribution in [0.4, 0.5) is 0 Å². The lowest BCUT2D eigenvalue weighted by molar-refractivity contribution is -0.127. The van der Waals surface area contributed by atoms with Crippen LogP contribution < -0.4 is 5.73 Å². The Hall–Kier alpha value is -3.34. The molecule has 3 rings (SSSR count). The summed E-state index contributed by atoms with van der Waals surface area (Å²) < 4.78 is 7.21. The van der Waals surface area contributed by atoms with Crippen LogP contribution in [0.3, 0.4) is 0 Å². The maximum absolute atomic E-state index is 12.4. The molecule has 0 saturated carbocycles. The fourth-order valence-electron chi connectivity index (χ4n) is 2.39. The Bertz CT molecular complexity index is 842. The second-order valence-corrected chi connectivity index (χ2v) is 5.24. The fraction of sp³-hybridized carbons (Fsp3) is 0.0526. The van der Waals surface area contributed by atoms with Gasteiger partial charge in [-0.25, -0.2) is 4.79 Å². The topological polar surface area (TPSA) is 74.3 Å². The number of primary amides is 1. The van der Waals surface area contributed by atoms with Gasteiger partial charge in [-0.15, -0.1) is 0 Å². The van der Waals surface area contributed by atoms with E-state index in [9.17, 15) is 9.59 Å². The van der Waals surface area contributed by atoms with Crippen molar-refractivity contribution in [1.82, 2.24) is 4.57 Å². The molecule has 0 aliphatic rings. The lowest BCUT2D eigenvalue weighted by Gasteiger charge is -2.15. The molecule has 120 valence electrons. The van der Waals surface area contributed by atoms with Crippen LogP contribution in [-0.2, 0) is 9.53 Å². The number of hydrogen-bond acceptors (Lipinski definition) is 3. The molecule has 3 aromatic rings. The Balaban J connectivity index is 1.84. The minimum absolute atomic E-state index is 0.350. The molecule has 0 bridgehead atoms. The standard InChI is InChI=1S/C19H16N2O3/c20-18(22)17(14-7-2-1-3-8-14)24-19(23)15-9-6-10-16(13-15)21-11-4-5-12-21/h1-13,17H,(H2,20,22). The second-order valence-electron chi connectivity index (χ2n) is 5.24. The van der Waals surface area contributed by atoms with Gasteiger partial charge in [0, 0.05) is 23.6 Å². The molecule has 5 nitrogen and oxygen atoms in total. The molecule has 2 N–H and O–H groups in total.